The average Bonchev–Trinajstić information content (AvgIpc) is 2.32. The van der Waals surface area contributed by atoms with E-state index in [1.54, 1.807) is 0 Å². The van der Waals surface area contributed by atoms with Gasteiger partial charge in [-0.2, -0.15) is 0 Å². The van der Waals surface area contributed by atoms with Gasteiger partial charge in [-0.25, -0.2) is 4.79 Å². The molecule has 0 aromatic heterocycles. The molecule has 1 aromatic rings. The van der Waals surface area contributed by atoms with Crippen molar-refractivity contribution in [3.8, 4) is 0 Å². The Morgan fingerprint density at radius 1 is 1.25 bits per heavy atom. The summed E-state index contributed by atoms with van der Waals surface area (Å²) in [6, 6.07) is 10.1. The number of benzene rings is 1. The van der Waals surface area contributed by atoms with Crippen molar-refractivity contribution in [3.05, 3.63) is 35.9 Å². The molecule has 0 bridgehead atoms. The highest BCUT2D eigenvalue weighted by Gasteiger charge is 2.29. The Morgan fingerprint density at radius 2 is 1.81 bits per heavy atom. The summed E-state index contributed by atoms with van der Waals surface area (Å²) in [5.74, 6) is 0. The van der Waals surface area contributed by atoms with Crippen LogP contribution in [0.5, 0.6) is 0 Å². The van der Waals surface area contributed by atoms with Crippen LogP contribution in [0.1, 0.15) is 32.3 Å². The highest BCUT2D eigenvalue weighted by atomic mass is 35.5. The van der Waals surface area contributed by atoms with Crippen molar-refractivity contribution in [2.24, 2.45) is 0 Å². The first-order chi connectivity index (χ1) is 7.64. The van der Waals surface area contributed by atoms with Crippen LogP contribution in [0.4, 0.5) is 4.79 Å². The van der Waals surface area contributed by atoms with Gasteiger partial charge < -0.3 is 4.74 Å². The monoisotopic (exact) mass is 240 g/mol. The second-order valence-corrected chi connectivity index (χ2v) is 4.19. The first-order valence-corrected chi connectivity index (χ1v) is 5.90. The molecule has 88 valence electrons. The molecule has 0 aliphatic carbocycles. The van der Waals surface area contributed by atoms with Crippen LogP contribution in [0.3, 0.4) is 0 Å². The zero-order valence-corrected chi connectivity index (χ0v) is 10.5. The lowest BCUT2D eigenvalue weighted by atomic mass is 9.76. The lowest BCUT2D eigenvalue weighted by Crippen LogP contribution is -2.31. The number of halogens is 1. The van der Waals surface area contributed by atoms with Crippen LogP contribution >= 0.6 is 11.6 Å². The molecule has 0 spiro atoms. The molecule has 2 nitrogen and oxygen atoms in total. The lowest BCUT2D eigenvalue weighted by molar-refractivity contribution is 0.133. The van der Waals surface area contributed by atoms with Crippen LogP contribution in [-0.2, 0) is 10.2 Å². The topological polar surface area (TPSA) is 26.3 Å². The normalized spacial score (nSPS) is 11.2. The van der Waals surface area contributed by atoms with Crippen molar-refractivity contribution in [2.75, 3.05) is 6.61 Å². The smallest absolute Gasteiger partial charge is 0.403 e. The fraction of sp³-hybridized carbons (Fsp3) is 0.462. The number of carbonyl (C=O) groups excluding carboxylic acids is 1. The zero-order chi connectivity index (χ0) is 12.0. The third-order valence-electron chi connectivity index (χ3n) is 3.20. The van der Waals surface area contributed by atoms with Crippen molar-refractivity contribution in [3.63, 3.8) is 0 Å². The standard InChI is InChI=1S/C13H17ClO2/c1-3-13(4-2,10-16-12(14)15)11-8-6-5-7-9-11/h5-9H,3-4,10H2,1-2H3. The van der Waals surface area contributed by atoms with Gasteiger partial charge in [0, 0.05) is 17.0 Å². The Hall–Kier alpha value is -1.02. The maximum atomic E-state index is 10.7. The largest absolute Gasteiger partial charge is 0.453 e. The summed E-state index contributed by atoms with van der Waals surface area (Å²) in [7, 11) is 0. The molecule has 1 aromatic carbocycles. The highest BCUT2D eigenvalue weighted by Crippen LogP contribution is 2.32. The van der Waals surface area contributed by atoms with Crippen molar-refractivity contribution >= 4 is 17.0 Å². The molecule has 0 aliphatic heterocycles. The lowest BCUT2D eigenvalue weighted by Gasteiger charge is -2.31. The van der Waals surface area contributed by atoms with Crippen molar-refractivity contribution in [1.82, 2.24) is 0 Å². The predicted octanol–water partition coefficient (Wildman–Crippen LogP) is 4.12. The Labute approximate surface area is 102 Å². The van der Waals surface area contributed by atoms with E-state index in [4.69, 9.17) is 16.3 Å². The molecule has 0 saturated heterocycles. The summed E-state index contributed by atoms with van der Waals surface area (Å²) in [4.78, 5) is 10.7. The van der Waals surface area contributed by atoms with Gasteiger partial charge in [0.05, 0.1) is 0 Å². The van der Waals surface area contributed by atoms with E-state index >= 15 is 0 Å². The van der Waals surface area contributed by atoms with Gasteiger partial charge in [-0.3, -0.25) is 0 Å². The van der Waals surface area contributed by atoms with Crippen LogP contribution in [0.2, 0.25) is 0 Å². The van der Waals surface area contributed by atoms with Gasteiger partial charge in [-0.15, -0.1) is 0 Å². The van der Waals surface area contributed by atoms with Gasteiger partial charge in [0.15, 0.2) is 0 Å². The quantitative estimate of drug-likeness (QED) is 0.724. The molecule has 0 saturated carbocycles. The van der Waals surface area contributed by atoms with Gasteiger partial charge in [0.2, 0.25) is 0 Å². The van der Waals surface area contributed by atoms with Crippen molar-refractivity contribution in [1.29, 1.82) is 0 Å². The van der Waals surface area contributed by atoms with Gasteiger partial charge in [0.25, 0.3) is 0 Å². The minimum atomic E-state index is -0.734. The van der Waals surface area contributed by atoms with Gasteiger partial charge in [-0.1, -0.05) is 44.2 Å². The van der Waals surface area contributed by atoms with Crippen LogP contribution in [-0.4, -0.2) is 12.0 Å². The Kier molecular flexibility index (Phi) is 4.81. The summed E-state index contributed by atoms with van der Waals surface area (Å²) < 4.78 is 4.97. The van der Waals surface area contributed by atoms with Gasteiger partial charge >= 0.3 is 5.43 Å². The number of ether oxygens (including phenoxy) is 1. The van der Waals surface area contributed by atoms with E-state index in [0.717, 1.165) is 12.8 Å². The third kappa shape index (κ3) is 2.99. The number of hydrogen-bond acceptors (Lipinski definition) is 2. The summed E-state index contributed by atoms with van der Waals surface area (Å²) in [6.45, 7) is 4.53. The van der Waals surface area contributed by atoms with Crippen LogP contribution in [0, 0.1) is 0 Å². The second kappa shape index (κ2) is 5.90. The highest BCUT2D eigenvalue weighted by molar-refractivity contribution is 6.61. The SMILES string of the molecule is CCC(CC)(COC(=O)Cl)c1ccccc1. The van der Waals surface area contributed by atoms with Crippen molar-refractivity contribution < 1.29 is 9.53 Å². The van der Waals surface area contributed by atoms with Gasteiger partial charge in [-0.05, 0) is 18.4 Å². The second-order valence-electron chi connectivity index (χ2n) is 3.88. The van der Waals surface area contributed by atoms with Crippen LogP contribution < -0.4 is 0 Å². The number of hydrogen-bond donors (Lipinski definition) is 0. The molecule has 1 rings (SSSR count). The number of carbonyl (C=O) groups is 1. The first-order valence-electron chi connectivity index (χ1n) is 5.52. The minimum Gasteiger partial charge on any atom is -0.453 e. The van der Waals surface area contributed by atoms with Crippen LogP contribution in [0.25, 0.3) is 0 Å². The summed E-state index contributed by atoms with van der Waals surface area (Å²) in [5.41, 5.74) is 0.339. The molecule has 0 aliphatic rings. The number of rotatable bonds is 5. The molecule has 3 heteroatoms. The van der Waals surface area contributed by atoms with E-state index in [2.05, 4.69) is 26.0 Å². The zero-order valence-electron chi connectivity index (χ0n) is 9.70. The van der Waals surface area contributed by atoms with E-state index in [-0.39, 0.29) is 5.41 Å². The molecule has 0 amide bonds. The Morgan fingerprint density at radius 3 is 2.25 bits per heavy atom. The summed E-state index contributed by atoms with van der Waals surface area (Å²) >= 11 is 5.22. The molecular weight excluding hydrogens is 224 g/mol. The van der Waals surface area contributed by atoms with E-state index in [0.29, 0.717) is 6.61 Å². The van der Waals surface area contributed by atoms with E-state index < -0.39 is 5.43 Å². The maximum Gasteiger partial charge on any atom is 0.403 e. The van der Waals surface area contributed by atoms with Gasteiger partial charge in [0.1, 0.15) is 6.61 Å². The van der Waals surface area contributed by atoms with E-state index in [1.165, 1.54) is 5.56 Å². The Balaban J connectivity index is 2.92. The van der Waals surface area contributed by atoms with E-state index in [9.17, 15) is 4.79 Å². The molecule has 0 radical (unpaired) electrons. The Bertz CT molecular complexity index is 331. The average molecular weight is 241 g/mol. The molecule has 0 unspecified atom stereocenters. The minimum absolute atomic E-state index is 0.119. The molecule has 0 atom stereocenters. The molecular formula is C13H17ClO2. The maximum absolute atomic E-state index is 10.7. The molecule has 0 heterocycles. The van der Waals surface area contributed by atoms with E-state index in [1.807, 2.05) is 18.2 Å². The summed E-state index contributed by atoms with van der Waals surface area (Å²) in [6.07, 6.45) is 1.83. The van der Waals surface area contributed by atoms with Crippen molar-refractivity contribution in [2.45, 2.75) is 32.1 Å². The van der Waals surface area contributed by atoms with Crippen LogP contribution in [0.15, 0.2) is 30.3 Å². The fourth-order valence-electron chi connectivity index (χ4n) is 1.93. The molecule has 0 fully saturated rings. The molecule has 16 heavy (non-hydrogen) atoms. The first kappa shape index (κ1) is 13.0. The third-order valence-corrected chi connectivity index (χ3v) is 3.31. The molecule has 0 N–H and O–H groups in total. The summed E-state index contributed by atoms with van der Waals surface area (Å²) in [5, 5.41) is 0. The predicted molar refractivity (Wildman–Crippen MR) is 65.9 cm³/mol. The fourth-order valence-corrected chi connectivity index (χ4v) is 1.99.